The molecule has 3 aromatic rings. The molecule has 0 atom stereocenters. The van der Waals surface area contributed by atoms with Crippen molar-refractivity contribution in [3.63, 3.8) is 0 Å². The second-order valence-electron chi connectivity index (χ2n) is 3.12. The maximum atomic E-state index is 4.27. The first-order valence-corrected chi connectivity index (χ1v) is 4.37. The molecule has 0 N–H and O–H groups in total. The van der Waals surface area contributed by atoms with Gasteiger partial charge in [0.1, 0.15) is 6.33 Å². The van der Waals surface area contributed by atoms with Gasteiger partial charge in [-0.3, -0.25) is 4.98 Å². The Kier molecular flexibility index (Phi) is 1.44. The number of hydrogen-bond acceptors (Lipinski definition) is 3. The average Bonchev–Trinajstić information content (AvgIpc) is 2.29. The summed E-state index contributed by atoms with van der Waals surface area (Å²) in [4.78, 5) is 12.3. The van der Waals surface area contributed by atoms with Crippen LogP contribution in [-0.4, -0.2) is 15.0 Å². The lowest BCUT2D eigenvalue weighted by atomic mass is 10.1. The van der Waals surface area contributed by atoms with Crippen molar-refractivity contribution in [2.75, 3.05) is 0 Å². The molecule has 3 nitrogen and oxygen atoms in total. The molecule has 3 rings (SSSR count). The van der Waals surface area contributed by atoms with Crippen molar-refractivity contribution in [3.05, 3.63) is 43.1 Å². The monoisotopic (exact) mass is 181 g/mol. The summed E-state index contributed by atoms with van der Waals surface area (Å²) >= 11 is 0. The van der Waals surface area contributed by atoms with E-state index >= 15 is 0 Å². The molecule has 0 unspecified atom stereocenters. The predicted molar refractivity (Wildman–Crippen MR) is 54.8 cm³/mol. The van der Waals surface area contributed by atoms with E-state index in [9.17, 15) is 0 Å². The minimum absolute atomic E-state index is 0.986. The van der Waals surface area contributed by atoms with Crippen molar-refractivity contribution in [2.45, 2.75) is 0 Å². The minimum atomic E-state index is 0.986. The Morgan fingerprint density at radius 1 is 0.857 bits per heavy atom. The van der Waals surface area contributed by atoms with E-state index in [1.807, 2.05) is 30.6 Å². The van der Waals surface area contributed by atoms with Gasteiger partial charge in [0.05, 0.1) is 5.52 Å². The Morgan fingerprint density at radius 2 is 1.71 bits per heavy atom. The van der Waals surface area contributed by atoms with Crippen LogP contribution in [0.1, 0.15) is 0 Å². The van der Waals surface area contributed by atoms with Crippen LogP contribution in [0.15, 0.2) is 43.1 Å². The molecular weight excluding hydrogens is 174 g/mol. The van der Waals surface area contributed by atoms with E-state index in [1.54, 1.807) is 12.5 Å². The van der Waals surface area contributed by atoms with E-state index in [1.165, 1.54) is 0 Å². The minimum Gasteiger partial charge on any atom is -0.264 e. The van der Waals surface area contributed by atoms with Crippen molar-refractivity contribution in [2.24, 2.45) is 0 Å². The Morgan fingerprint density at radius 3 is 2.71 bits per heavy atom. The van der Waals surface area contributed by atoms with E-state index in [-0.39, 0.29) is 0 Å². The van der Waals surface area contributed by atoms with E-state index in [0.717, 1.165) is 21.7 Å². The van der Waals surface area contributed by atoms with Crippen LogP contribution in [-0.2, 0) is 0 Å². The average molecular weight is 181 g/mol. The third-order valence-electron chi connectivity index (χ3n) is 2.29. The zero-order chi connectivity index (χ0) is 9.38. The van der Waals surface area contributed by atoms with Gasteiger partial charge in [-0.25, -0.2) is 9.97 Å². The highest BCUT2D eigenvalue weighted by molar-refractivity contribution is 6.04. The first kappa shape index (κ1) is 7.38. The third kappa shape index (κ3) is 0.956. The molecule has 1 aromatic carbocycles. The number of pyridine rings is 1. The van der Waals surface area contributed by atoms with Crippen LogP contribution in [0, 0.1) is 0 Å². The van der Waals surface area contributed by atoms with Crippen LogP contribution in [0.4, 0.5) is 0 Å². The molecule has 66 valence electrons. The number of rotatable bonds is 0. The van der Waals surface area contributed by atoms with E-state index in [4.69, 9.17) is 0 Å². The number of aromatic nitrogens is 3. The molecule has 0 fully saturated rings. The highest BCUT2D eigenvalue weighted by Gasteiger charge is 1.99. The van der Waals surface area contributed by atoms with Crippen LogP contribution in [0.25, 0.3) is 21.7 Å². The summed E-state index contributed by atoms with van der Waals surface area (Å²) in [6.07, 6.45) is 7.02. The second kappa shape index (κ2) is 2.73. The molecule has 0 radical (unpaired) electrons. The normalized spacial score (nSPS) is 10.9. The first-order chi connectivity index (χ1) is 6.95. The summed E-state index contributed by atoms with van der Waals surface area (Å²) in [5.74, 6) is 0. The summed E-state index contributed by atoms with van der Waals surface area (Å²) in [6.45, 7) is 0. The van der Waals surface area contributed by atoms with Gasteiger partial charge in [0, 0.05) is 34.7 Å². The molecule has 0 aliphatic rings. The lowest BCUT2D eigenvalue weighted by Crippen LogP contribution is -1.83. The van der Waals surface area contributed by atoms with Crippen LogP contribution in [0.2, 0.25) is 0 Å². The van der Waals surface area contributed by atoms with Crippen LogP contribution < -0.4 is 0 Å². The lowest BCUT2D eigenvalue weighted by molar-refractivity contribution is 1.23. The third-order valence-corrected chi connectivity index (χ3v) is 2.29. The van der Waals surface area contributed by atoms with Gasteiger partial charge in [0.25, 0.3) is 0 Å². The molecule has 2 aromatic heterocycles. The van der Waals surface area contributed by atoms with Gasteiger partial charge in [0.2, 0.25) is 0 Å². The molecular formula is C11H7N3. The van der Waals surface area contributed by atoms with Gasteiger partial charge in [-0.1, -0.05) is 12.1 Å². The van der Waals surface area contributed by atoms with Gasteiger partial charge in [-0.05, 0) is 6.07 Å². The molecule has 0 saturated heterocycles. The quantitative estimate of drug-likeness (QED) is 0.499. The molecule has 0 amide bonds. The fraction of sp³-hybridized carbons (Fsp3) is 0. The zero-order valence-corrected chi connectivity index (χ0v) is 7.38. The molecule has 0 saturated carbocycles. The van der Waals surface area contributed by atoms with E-state index in [0.29, 0.717) is 0 Å². The maximum Gasteiger partial charge on any atom is 0.116 e. The summed E-state index contributed by atoms with van der Waals surface area (Å²) in [7, 11) is 0. The van der Waals surface area contributed by atoms with Crippen molar-refractivity contribution >= 4 is 21.7 Å². The first-order valence-electron chi connectivity index (χ1n) is 4.37. The fourth-order valence-electron chi connectivity index (χ4n) is 1.62. The van der Waals surface area contributed by atoms with E-state index in [2.05, 4.69) is 15.0 Å². The van der Waals surface area contributed by atoms with Crippen molar-refractivity contribution in [1.29, 1.82) is 0 Å². The van der Waals surface area contributed by atoms with Gasteiger partial charge in [-0.2, -0.15) is 0 Å². The SMILES string of the molecule is c1cc2c(ccc3cncnc32)cn1. The number of hydrogen-bond donors (Lipinski definition) is 0. The molecule has 0 spiro atoms. The van der Waals surface area contributed by atoms with Crippen LogP contribution in [0.3, 0.4) is 0 Å². The Hall–Kier alpha value is -2.03. The molecule has 14 heavy (non-hydrogen) atoms. The Labute approximate surface area is 80.5 Å². The van der Waals surface area contributed by atoms with Gasteiger partial charge in [0.15, 0.2) is 0 Å². The highest BCUT2D eigenvalue weighted by atomic mass is 14.8. The predicted octanol–water partition coefficient (Wildman–Crippen LogP) is 2.18. The summed E-state index contributed by atoms with van der Waals surface area (Å²) in [6, 6.07) is 6.03. The fourth-order valence-corrected chi connectivity index (χ4v) is 1.62. The van der Waals surface area contributed by atoms with Gasteiger partial charge >= 0.3 is 0 Å². The maximum absolute atomic E-state index is 4.27. The second-order valence-corrected chi connectivity index (χ2v) is 3.12. The Bertz CT molecular complexity index is 550. The largest absolute Gasteiger partial charge is 0.264 e. The summed E-state index contributed by atoms with van der Waals surface area (Å²) in [5.41, 5.74) is 0.986. The number of fused-ring (bicyclic) bond motifs is 3. The zero-order valence-electron chi connectivity index (χ0n) is 7.38. The van der Waals surface area contributed by atoms with Crippen LogP contribution >= 0.6 is 0 Å². The number of nitrogens with zero attached hydrogens (tertiary/aromatic N) is 3. The van der Waals surface area contributed by atoms with Crippen LogP contribution in [0.5, 0.6) is 0 Å². The van der Waals surface area contributed by atoms with Crippen molar-refractivity contribution in [1.82, 2.24) is 15.0 Å². The highest BCUT2D eigenvalue weighted by Crippen LogP contribution is 2.21. The lowest BCUT2D eigenvalue weighted by Gasteiger charge is -2.00. The van der Waals surface area contributed by atoms with E-state index < -0.39 is 0 Å². The molecule has 2 heterocycles. The number of benzene rings is 1. The summed E-state index contributed by atoms with van der Waals surface area (Å²) in [5, 5.41) is 3.30. The van der Waals surface area contributed by atoms with Crippen molar-refractivity contribution < 1.29 is 0 Å². The summed E-state index contributed by atoms with van der Waals surface area (Å²) < 4.78 is 0. The topological polar surface area (TPSA) is 38.7 Å². The molecule has 0 bridgehead atoms. The standard InChI is InChI=1S/C11H7N3/c1-2-9-6-13-7-14-11(9)10-3-4-12-5-8(1)10/h1-7H. The van der Waals surface area contributed by atoms with Gasteiger partial charge in [-0.15, -0.1) is 0 Å². The van der Waals surface area contributed by atoms with Crippen molar-refractivity contribution in [3.8, 4) is 0 Å². The molecule has 0 aliphatic carbocycles. The molecule has 3 heteroatoms. The smallest absolute Gasteiger partial charge is 0.116 e. The Balaban J connectivity index is 2.61. The molecule has 0 aliphatic heterocycles. The van der Waals surface area contributed by atoms with Gasteiger partial charge < -0.3 is 0 Å².